The van der Waals surface area contributed by atoms with Crippen LogP contribution in [0.2, 0.25) is 0 Å². The molecule has 0 radical (unpaired) electrons. The number of carbonyl (C=O) groups is 2. The van der Waals surface area contributed by atoms with Crippen molar-refractivity contribution in [1.29, 1.82) is 0 Å². The molecule has 1 amide bonds. The van der Waals surface area contributed by atoms with Crippen LogP contribution in [0.1, 0.15) is 59.8 Å². The standard InChI is InChI=1S/C15H27NO3/c1-5-13(17)12-8-7-11-16(12)14(18)9-10-15(3,4)19-6-2/h12H,5-11H2,1-4H3. The topological polar surface area (TPSA) is 46.6 Å². The van der Waals surface area contributed by atoms with Gasteiger partial charge in [-0.15, -0.1) is 0 Å². The summed E-state index contributed by atoms with van der Waals surface area (Å²) in [6.07, 6.45) is 3.44. The lowest BCUT2D eigenvalue weighted by atomic mass is 10.0. The van der Waals surface area contributed by atoms with Gasteiger partial charge in [-0.25, -0.2) is 0 Å². The third-order valence-electron chi connectivity index (χ3n) is 3.77. The lowest BCUT2D eigenvalue weighted by Crippen LogP contribution is -2.41. The van der Waals surface area contributed by atoms with E-state index < -0.39 is 0 Å². The number of likely N-dealkylation sites (tertiary alicyclic amines) is 1. The first-order chi connectivity index (χ1) is 8.91. The van der Waals surface area contributed by atoms with E-state index in [0.717, 1.165) is 19.4 Å². The summed E-state index contributed by atoms with van der Waals surface area (Å²) >= 11 is 0. The molecule has 1 atom stereocenters. The second kappa shape index (κ2) is 7.04. The molecular formula is C15H27NO3. The number of carbonyl (C=O) groups excluding carboxylic acids is 2. The number of nitrogens with zero attached hydrogens (tertiary/aromatic N) is 1. The Bertz CT molecular complexity index is 325. The fourth-order valence-electron chi connectivity index (χ4n) is 2.65. The maximum atomic E-state index is 12.2. The molecule has 0 saturated carbocycles. The molecule has 1 heterocycles. The highest BCUT2D eigenvalue weighted by molar-refractivity contribution is 5.89. The third-order valence-corrected chi connectivity index (χ3v) is 3.77. The van der Waals surface area contributed by atoms with E-state index in [9.17, 15) is 9.59 Å². The van der Waals surface area contributed by atoms with Gasteiger partial charge in [-0.1, -0.05) is 6.92 Å². The van der Waals surface area contributed by atoms with Crippen LogP contribution < -0.4 is 0 Å². The van der Waals surface area contributed by atoms with Crippen molar-refractivity contribution in [1.82, 2.24) is 4.90 Å². The normalized spacial score (nSPS) is 19.8. The average Bonchev–Trinajstić information content (AvgIpc) is 2.84. The number of ether oxygens (including phenoxy) is 1. The zero-order valence-electron chi connectivity index (χ0n) is 12.7. The van der Waals surface area contributed by atoms with Gasteiger partial charge in [-0.3, -0.25) is 9.59 Å². The fourth-order valence-corrected chi connectivity index (χ4v) is 2.65. The van der Waals surface area contributed by atoms with Gasteiger partial charge in [-0.2, -0.15) is 0 Å². The highest BCUT2D eigenvalue weighted by atomic mass is 16.5. The maximum absolute atomic E-state index is 12.2. The Morgan fingerprint density at radius 1 is 1.32 bits per heavy atom. The quantitative estimate of drug-likeness (QED) is 0.713. The molecule has 0 aliphatic carbocycles. The number of Topliss-reactive ketones (excluding diaryl/α,β-unsaturated/α-hetero) is 1. The largest absolute Gasteiger partial charge is 0.376 e. The molecule has 1 aliphatic rings. The van der Waals surface area contributed by atoms with Crippen molar-refractivity contribution in [3.05, 3.63) is 0 Å². The van der Waals surface area contributed by atoms with Crippen LogP contribution in [0.4, 0.5) is 0 Å². The van der Waals surface area contributed by atoms with Crippen LogP contribution in [0.25, 0.3) is 0 Å². The van der Waals surface area contributed by atoms with E-state index in [1.165, 1.54) is 0 Å². The molecular weight excluding hydrogens is 242 g/mol. The lowest BCUT2D eigenvalue weighted by molar-refractivity contribution is -0.138. The van der Waals surface area contributed by atoms with Crippen molar-refractivity contribution in [2.45, 2.75) is 71.4 Å². The second-order valence-corrected chi connectivity index (χ2v) is 5.76. The Labute approximate surface area is 116 Å². The Kier molecular flexibility index (Phi) is 5.98. The van der Waals surface area contributed by atoms with Crippen molar-refractivity contribution in [2.75, 3.05) is 13.2 Å². The molecule has 0 aromatic rings. The van der Waals surface area contributed by atoms with Crippen LogP contribution in [0.3, 0.4) is 0 Å². The van der Waals surface area contributed by atoms with Crippen LogP contribution in [-0.2, 0) is 14.3 Å². The molecule has 1 rings (SSSR count). The van der Waals surface area contributed by atoms with Gasteiger partial charge >= 0.3 is 0 Å². The Morgan fingerprint density at radius 3 is 2.58 bits per heavy atom. The molecule has 0 spiro atoms. The highest BCUT2D eigenvalue weighted by Crippen LogP contribution is 2.23. The molecule has 4 nitrogen and oxygen atoms in total. The van der Waals surface area contributed by atoms with E-state index in [4.69, 9.17) is 4.74 Å². The van der Waals surface area contributed by atoms with Crippen LogP contribution in [0.5, 0.6) is 0 Å². The Morgan fingerprint density at radius 2 is 2.00 bits per heavy atom. The molecule has 19 heavy (non-hydrogen) atoms. The average molecular weight is 269 g/mol. The van der Waals surface area contributed by atoms with Crippen molar-refractivity contribution < 1.29 is 14.3 Å². The van der Waals surface area contributed by atoms with Gasteiger partial charge < -0.3 is 9.64 Å². The van der Waals surface area contributed by atoms with E-state index in [1.807, 2.05) is 27.7 Å². The van der Waals surface area contributed by atoms with E-state index >= 15 is 0 Å². The molecule has 0 aromatic carbocycles. The zero-order valence-corrected chi connectivity index (χ0v) is 12.7. The minimum absolute atomic E-state index is 0.0945. The van der Waals surface area contributed by atoms with Gasteiger partial charge in [-0.05, 0) is 40.0 Å². The number of hydrogen-bond acceptors (Lipinski definition) is 3. The predicted molar refractivity (Wildman–Crippen MR) is 75.0 cm³/mol. The molecule has 0 aromatic heterocycles. The van der Waals surface area contributed by atoms with Crippen LogP contribution in [-0.4, -0.2) is 41.4 Å². The summed E-state index contributed by atoms with van der Waals surface area (Å²) in [5, 5.41) is 0. The van der Waals surface area contributed by atoms with Crippen molar-refractivity contribution in [3.63, 3.8) is 0 Å². The summed E-state index contributed by atoms with van der Waals surface area (Å²) in [7, 11) is 0. The maximum Gasteiger partial charge on any atom is 0.223 e. The van der Waals surface area contributed by atoms with Gasteiger partial charge in [0.15, 0.2) is 5.78 Å². The minimum atomic E-state index is -0.269. The van der Waals surface area contributed by atoms with Gasteiger partial charge in [0.2, 0.25) is 5.91 Å². The zero-order chi connectivity index (χ0) is 14.5. The minimum Gasteiger partial charge on any atom is -0.376 e. The molecule has 0 bridgehead atoms. The summed E-state index contributed by atoms with van der Waals surface area (Å²) in [5.74, 6) is 0.284. The van der Waals surface area contributed by atoms with E-state index in [0.29, 0.717) is 25.9 Å². The number of ketones is 1. The molecule has 110 valence electrons. The number of hydrogen-bond donors (Lipinski definition) is 0. The predicted octanol–water partition coefficient (Wildman–Crippen LogP) is 2.55. The third kappa shape index (κ3) is 4.60. The molecule has 0 N–H and O–H groups in total. The van der Waals surface area contributed by atoms with Crippen molar-refractivity contribution >= 4 is 11.7 Å². The Balaban J connectivity index is 2.51. The van der Waals surface area contributed by atoms with Gasteiger partial charge in [0.05, 0.1) is 11.6 Å². The van der Waals surface area contributed by atoms with E-state index in [2.05, 4.69) is 0 Å². The monoisotopic (exact) mass is 269 g/mol. The molecule has 1 aliphatic heterocycles. The SMILES string of the molecule is CCOC(C)(C)CCC(=O)N1CCCC1C(=O)CC. The first kappa shape index (κ1) is 16.2. The van der Waals surface area contributed by atoms with Crippen LogP contribution >= 0.6 is 0 Å². The lowest BCUT2D eigenvalue weighted by Gasteiger charge is -2.27. The smallest absolute Gasteiger partial charge is 0.223 e. The van der Waals surface area contributed by atoms with Crippen molar-refractivity contribution in [3.8, 4) is 0 Å². The Hall–Kier alpha value is -0.900. The first-order valence-corrected chi connectivity index (χ1v) is 7.37. The molecule has 1 saturated heterocycles. The molecule has 1 unspecified atom stereocenters. The summed E-state index contributed by atoms with van der Waals surface area (Å²) < 4.78 is 5.60. The van der Waals surface area contributed by atoms with Crippen LogP contribution in [0.15, 0.2) is 0 Å². The number of rotatable bonds is 7. The molecule has 1 fully saturated rings. The second-order valence-electron chi connectivity index (χ2n) is 5.76. The summed E-state index contributed by atoms with van der Waals surface area (Å²) in [5.41, 5.74) is -0.269. The highest BCUT2D eigenvalue weighted by Gasteiger charge is 2.33. The fraction of sp³-hybridized carbons (Fsp3) is 0.867. The van der Waals surface area contributed by atoms with Crippen LogP contribution in [0, 0.1) is 0 Å². The van der Waals surface area contributed by atoms with E-state index in [1.54, 1.807) is 4.90 Å². The summed E-state index contributed by atoms with van der Waals surface area (Å²) in [6, 6.07) is -0.173. The molecule has 4 heteroatoms. The van der Waals surface area contributed by atoms with E-state index in [-0.39, 0.29) is 23.3 Å². The van der Waals surface area contributed by atoms with Gasteiger partial charge in [0.1, 0.15) is 0 Å². The van der Waals surface area contributed by atoms with Crippen molar-refractivity contribution in [2.24, 2.45) is 0 Å². The summed E-state index contributed by atoms with van der Waals surface area (Å²) in [4.78, 5) is 25.8. The van der Waals surface area contributed by atoms with Gasteiger partial charge in [0, 0.05) is 26.0 Å². The number of amides is 1. The first-order valence-electron chi connectivity index (χ1n) is 7.37. The van der Waals surface area contributed by atoms with Gasteiger partial charge in [0.25, 0.3) is 0 Å². The summed E-state index contributed by atoms with van der Waals surface area (Å²) in [6.45, 7) is 9.21.